The molecule has 0 bridgehead atoms. The van der Waals surface area contributed by atoms with Crippen molar-refractivity contribution in [1.82, 2.24) is 9.97 Å². The second-order valence-corrected chi connectivity index (χ2v) is 9.09. The Bertz CT molecular complexity index is 1220. The van der Waals surface area contributed by atoms with Crippen LogP contribution in [0.5, 0.6) is 0 Å². The van der Waals surface area contributed by atoms with Gasteiger partial charge < -0.3 is 15.7 Å². The van der Waals surface area contributed by atoms with Gasteiger partial charge in [-0.2, -0.15) is 4.98 Å². The molecule has 7 nitrogen and oxygen atoms in total. The summed E-state index contributed by atoms with van der Waals surface area (Å²) in [5.41, 5.74) is 1.83. The van der Waals surface area contributed by atoms with Crippen molar-refractivity contribution < 1.29 is 13.7 Å². The van der Waals surface area contributed by atoms with E-state index in [4.69, 9.17) is 4.78 Å². The summed E-state index contributed by atoms with van der Waals surface area (Å²) in [6.45, 7) is 1.71. The zero-order chi connectivity index (χ0) is 22.4. The van der Waals surface area contributed by atoms with Crippen LogP contribution < -0.4 is 10.6 Å². The lowest BCUT2D eigenvalue weighted by Gasteiger charge is -2.14. The largest absolute Gasteiger partial charge is 0.394 e. The molecule has 0 radical (unpaired) electrons. The molecule has 1 unspecified atom stereocenters. The third kappa shape index (κ3) is 6.25. The van der Waals surface area contributed by atoms with Gasteiger partial charge in [0.2, 0.25) is 5.95 Å². The average Bonchev–Trinajstić information content (AvgIpc) is 2.74. The van der Waals surface area contributed by atoms with Gasteiger partial charge in [-0.05, 0) is 55.5 Å². The third-order valence-corrected chi connectivity index (χ3v) is 5.36. The fraction of sp³-hybridized carbons (Fsp3) is 0.182. The summed E-state index contributed by atoms with van der Waals surface area (Å²) in [5.74, 6) is 6.32. The van der Waals surface area contributed by atoms with Crippen molar-refractivity contribution in [2.24, 2.45) is 0 Å². The smallest absolute Gasteiger partial charge is 0.229 e. The van der Waals surface area contributed by atoms with E-state index in [1.807, 2.05) is 0 Å². The van der Waals surface area contributed by atoms with E-state index in [-0.39, 0.29) is 18.5 Å². The normalized spacial score (nSPS) is 13.4. The second kappa shape index (κ2) is 9.55. The number of nitrogens with zero attached hydrogens (tertiary/aromatic N) is 2. The number of benzene rings is 2. The van der Waals surface area contributed by atoms with Crippen LogP contribution in [0.1, 0.15) is 18.1 Å². The molecule has 31 heavy (non-hydrogen) atoms. The highest BCUT2D eigenvalue weighted by molar-refractivity contribution is 7.91. The Hall–Kier alpha value is -3.48. The molecule has 2 atom stereocenters. The molecule has 3 aromatic rings. The zero-order valence-corrected chi connectivity index (χ0v) is 17.8. The van der Waals surface area contributed by atoms with Gasteiger partial charge in [-0.15, -0.1) is 0 Å². The molecular weight excluding hydrogens is 417 g/mol. The monoisotopic (exact) mass is 439 g/mol. The van der Waals surface area contributed by atoms with Crippen LogP contribution in [0.3, 0.4) is 0 Å². The number of aliphatic hydroxyl groups excluding tert-OH is 1. The Morgan fingerprint density at radius 1 is 1.16 bits per heavy atom. The Morgan fingerprint density at radius 3 is 2.45 bits per heavy atom. The van der Waals surface area contributed by atoms with Crippen molar-refractivity contribution in [3.63, 3.8) is 0 Å². The van der Waals surface area contributed by atoms with Crippen molar-refractivity contribution in [1.29, 1.82) is 4.78 Å². The number of hydrogen-bond acceptors (Lipinski definition) is 7. The van der Waals surface area contributed by atoms with Crippen molar-refractivity contribution in [2.75, 3.05) is 23.5 Å². The average molecular weight is 440 g/mol. The first-order valence-corrected chi connectivity index (χ1v) is 11.3. The summed E-state index contributed by atoms with van der Waals surface area (Å²) >= 11 is 0. The molecule has 0 fully saturated rings. The lowest BCUT2D eigenvalue weighted by molar-refractivity contribution is 0.281. The minimum atomic E-state index is -2.78. The SMILES string of the molecule is C[C@H](CO)Nc1nc(Nc2ccc(S(C)(=N)=O)cc2)ncc1C#Cc1ccc(F)cc1. The maximum atomic E-state index is 13.1. The van der Waals surface area contributed by atoms with Crippen LogP contribution in [-0.4, -0.2) is 38.2 Å². The van der Waals surface area contributed by atoms with Gasteiger partial charge in [0.05, 0.1) is 28.1 Å². The number of rotatable bonds is 6. The van der Waals surface area contributed by atoms with E-state index >= 15 is 0 Å². The summed E-state index contributed by atoms with van der Waals surface area (Å²) in [4.78, 5) is 9.17. The van der Waals surface area contributed by atoms with Crippen LogP contribution in [0.15, 0.2) is 59.6 Å². The number of aromatic nitrogens is 2. The van der Waals surface area contributed by atoms with E-state index in [9.17, 15) is 13.7 Å². The first-order chi connectivity index (χ1) is 14.7. The Kier molecular flexibility index (Phi) is 6.84. The van der Waals surface area contributed by atoms with Crippen LogP contribution in [0.4, 0.5) is 21.8 Å². The Morgan fingerprint density at radius 2 is 1.84 bits per heavy atom. The number of nitrogens with one attached hydrogen (secondary N) is 3. The molecule has 0 saturated heterocycles. The highest BCUT2D eigenvalue weighted by atomic mass is 32.2. The molecule has 1 aromatic heterocycles. The quantitative estimate of drug-likeness (QED) is 0.437. The number of aliphatic hydroxyl groups is 1. The van der Waals surface area contributed by atoms with E-state index in [2.05, 4.69) is 32.4 Å². The topological polar surface area (TPSA) is 111 Å². The summed E-state index contributed by atoms with van der Waals surface area (Å²) in [6.07, 6.45) is 2.92. The molecule has 4 N–H and O–H groups in total. The lowest BCUT2D eigenvalue weighted by Crippen LogP contribution is -2.21. The first kappa shape index (κ1) is 22.2. The molecule has 0 aliphatic heterocycles. The van der Waals surface area contributed by atoms with Crippen LogP contribution in [0.2, 0.25) is 0 Å². The summed E-state index contributed by atoms with van der Waals surface area (Å²) < 4.78 is 32.5. The summed E-state index contributed by atoms with van der Waals surface area (Å²) in [5, 5.41) is 15.5. The van der Waals surface area contributed by atoms with E-state index in [1.54, 1.807) is 49.5 Å². The molecule has 0 aliphatic rings. The molecule has 0 aliphatic carbocycles. The predicted octanol–water partition coefficient (Wildman–Crippen LogP) is 3.59. The highest BCUT2D eigenvalue weighted by Gasteiger charge is 2.10. The second-order valence-electron chi connectivity index (χ2n) is 6.93. The van der Waals surface area contributed by atoms with Crippen molar-refractivity contribution >= 4 is 27.2 Å². The fourth-order valence-corrected chi connectivity index (χ4v) is 3.18. The molecule has 0 saturated carbocycles. The predicted molar refractivity (Wildman–Crippen MR) is 119 cm³/mol. The van der Waals surface area contributed by atoms with Gasteiger partial charge in [0, 0.05) is 28.4 Å². The van der Waals surface area contributed by atoms with Gasteiger partial charge in [0.15, 0.2) is 0 Å². The molecule has 1 heterocycles. The van der Waals surface area contributed by atoms with Gasteiger partial charge in [0.1, 0.15) is 11.6 Å². The van der Waals surface area contributed by atoms with Gasteiger partial charge in [-0.1, -0.05) is 11.8 Å². The molecule has 2 aromatic carbocycles. The zero-order valence-electron chi connectivity index (χ0n) is 17.0. The highest BCUT2D eigenvalue weighted by Crippen LogP contribution is 2.20. The van der Waals surface area contributed by atoms with Crippen molar-refractivity contribution in [3.8, 4) is 11.8 Å². The van der Waals surface area contributed by atoms with Crippen LogP contribution in [0.25, 0.3) is 0 Å². The molecule has 0 amide bonds. The van der Waals surface area contributed by atoms with E-state index in [0.29, 0.717) is 33.5 Å². The number of hydrogen-bond donors (Lipinski definition) is 4. The minimum Gasteiger partial charge on any atom is -0.394 e. The Balaban J connectivity index is 1.87. The fourth-order valence-electron chi connectivity index (χ4n) is 2.52. The van der Waals surface area contributed by atoms with E-state index < -0.39 is 9.73 Å². The maximum absolute atomic E-state index is 13.1. The van der Waals surface area contributed by atoms with Crippen LogP contribution in [0, 0.1) is 22.4 Å². The summed E-state index contributed by atoms with van der Waals surface area (Å²) in [7, 11) is -2.78. The molecule has 0 spiro atoms. The lowest BCUT2D eigenvalue weighted by atomic mass is 10.2. The number of halogens is 1. The molecule has 9 heteroatoms. The molecule has 3 rings (SSSR count). The molecular formula is C22H22FN5O2S. The number of anilines is 3. The van der Waals surface area contributed by atoms with Gasteiger partial charge >= 0.3 is 0 Å². The Labute approximate surface area is 180 Å². The standard InChI is InChI=1S/C22H22FN5O2S/c1-15(14-29)26-21-17(6-3-16-4-7-18(23)8-5-16)13-25-22(28-21)27-19-9-11-20(12-10-19)31(2,24)30/h4-5,7-13,15,24,29H,14H2,1-2H3,(H2,25,26,27,28)/t15-,31?/m1/s1. The maximum Gasteiger partial charge on any atom is 0.229 e. The molecule has 160 valence electrons. The van der Waals surface area contributed by atoms with E-state index in [1.165, 1.54) is 18.4 Å². The van der Waals surface area contributed by atoms with Gasteiger partial charge in [0.25, 0.3) is 0 Å². The first-order valence-electron chi connectivity index (χ1n) is 9.37. The van der Waals surface area contributed by atoms with Crippen LogP contribution in [-0.2, 0) is 9.73 Å². The summed E-state index contributed by atoms with van der Waals surface area (Å²) in [6, 6.07) is 12.2. The van der Waals surface area contributed by atoms with E-state index in [0.717, 1.165) is 0 Å². The van der Waals surface area contributed by atoms with Gasteiger partial charge in [-0.25, -0.2) is 18.4 Å². The van der Waals surface area contributed by atoms with Crippen LogP contribution >= 0.6 is 0 Å². The third-order valence-electron chi connectivity index (χ3n) is 4.19. The van der Waals surface area contributed by atoms with Crippen molar-refractivity contribution in [2.45, 2.75) is 17.9 Å². The van der Waals surface area contributed by atoms with Crippen molar-refractivity contribution in [3.05, 3.63) is 71.7 Å². The minimum absolute atomic E-state index is 0.0948. The van der Waals surface area contributed by atoms with Gasteiger partial charge in [-0.3, -0.25) is 0 Å².